The first-order chi connectivity index (χ1) is 12.1. The van der Waals surface area contributed by atoms with Crippen LogP contribution < -0.4 is 14.4 Å². The van der Waals surface area contributed by atoms with Crippen LogP contribution in [-0.4, -0.2) is 25.7 Å². The van der Waals surface area contributed by atoms with E-state index in [1.807, 2.05) is 60.4 Å². The lowest BCUT2D eigenvalue weighted by Gasteiger charge is -2.23. The van der Waals surface area contributed by atoms with E-state index in [0.29, 0.717) is 11.5 Å². The van der Waals surface area contributed by atoms with Crippen molar-refractivity contribution >= 4 is 17.7 Å². The summed E-state index contributed by atoms with van der Waals surface area (Å²) in [6.45, 7) is 4.01. The van der Waals surface area contributed by atoms with Crippen molar-refractivity contribution in [2.75, 3.05) is 18.6 Å². The molecule has 1 heterocycles. The van der Waals surface area contributed by atoms with Crippen LogP contribution in [0, 0.1) is 0 Å². The zero-order valence-corrected chi connectivity index (χ0v) is 14.9. The van der Waals surface area contributed by atoms with Crippen LogP contribution in [-0.2, 0) is 11.2 Å². The third-order valence-electron chi connectivity index (χ3n) is 4.37. The normalized spacial score (nSPS) is 16.1. The number of methoxy groups -OCH3 is 1. The molecule has 1 aliphatic heterocycles. The van der Waals surface area contributed by atoms with Gasteiger partial charge in [-0.25, -0.2) is 0 Å². The smallest absolute Gasteiger partial charge is 0.265 e. The average molecular weight is 337 g/mol. The van der Waals surface area contributed by atoms with E-state index in [-0.39, 0.29) is 18.6 Å². The van der Waals surface area contributed by atoms with E-state index in [9.17, 15) is 4.79 Å². The molecule has 130 valence electrons. The topological polar surface area (TPSA) is 38.8 Å². The predicted molar refractivity (Wildman–Crippen MR) is 100 cm³/mol. The Kier molecular flexibility index (Phi) is 5.08. The van der Waals surface area contributed by atoms with Crippen molar-refractivity contribution in [3.8, 4) is 11.5 Å². The highest BCUT2D eigenvalue weighted by Crippen LogP contribution is 2.33. The summed E-state index contributed by atoms with van der Waals surface area (Å²) in [5.74, 6) is 1.15. The summed E-state index contributed by atoms with van der Waals surface area (Å²) in [7, 11) is 1.60. The van der Waals surface area contributed by atoms with Crippen molar-refractivity contribution in [3.63, 3.8) is 0 Å². The van der Waals surface area contributed by atoms with Gasteiger partial charge in [0.1, 0.15) is 0 Å². The summed E-state index contributed by atoms with van der Waals surface area (Å²) in [5.41, 5.74) is 3.22. The molecule has 0 saturated carbocycles. The molecule has 0 spiro atoms. The van der Waals surface area contributed by atoms with E-state index in [1.54, 1.807) is 7.11 Å². The minimum Gasteiger partial charge on any atom is -0.493 e. The number of hydrogen-bond donors (Lipinski definition) is 0. The summed E-state index contributed by atoms with van der Waals surface area (Å²) in [5, 5.41) is 0. The fourth-order valence-corrected chi connectivity index (χ4v) is 3.25. The largest absolute Gasteiger partial charge is 0.493 e. The second-order valence-electron chi connectivity index (χ2n) is 6.14. The molecule has 4 heteroatoms. The number of anilines is 1. The molecule has 0 radical (unpaired) electrons. The van der Waals surface area contributed by atoms with Crippen LogP contribution in [0.25, 0.3) is 6.08 Å². The molecule has 1 aliphatic rings. The Morgan fingerprint density at radius 1 is 1.24 bits per heavy atom. The van der Waals surface area contributed by atoms with Crippen molar-refractivity contribution in [1.82, 2.24) is 0 Å². The van der Waals surface area contributed by atoms with Gasteiger partial charge in [0.25, 0.3) is 5.91 Å². The van der Waals surface area contributed by atoms with E-state index in [2.05, 4.69) is 13.0 Å². The zero-order chi connectivity index (χ0) is 17.8. The quantitative estimate of drug-likeness (QED) is 0.825. The number of carbonyl (C=O) groups excluding carboxylic acids is 1. The number of amides is 1. The number of carbonyl (C=O) groups is 1. The molecule has 1 amide bonds. The first-order valence-corrected chi connectivity index (χ1v) is 8.47. The van der Waals surface area contributed by atoms with Gasteiger partial charge in [-0.1, -0.05) is 36.4 Å². The molecular formula is C21H23NO3. The van der Waals surface area contributed by atoms with E-state index < -0.39 is 0 Å². The Morgan fingerprint density at radius 2 is 2.04 bits per heavy atom. The maximum atomic E-state index is 12.7. The summed E-state index contributed by atoms with van der Waals surface area (Å²) in [4.78, 5) is 14.5. The lowest BCUT2D eigenvalue weighted by Crippen LogP contribution is -2.39. The Balaban J connectivity index is 1.73. The Morgan fingerprint density at radius 3 is 2.80 bits per heavy atom. The standard InChI is InChI=1S/C21H23NO3/c1-4-7-16-10-11-19(20(13-16)24-3)25-14-21(23)22-15(2)12-17-8-5-6-9-18(17)22/h4-11,13,15H,12,14H2,1-3H3/b7-4+. The van der Waals surface area contributed by atoms with Crippen LogP contribution in [0.1, 0.15) is 25.0 Å². The molecule has 0 saturated heterocycles. The molecule has 0 fully saturated rings. The molecule has 4 nitrogen and oxygen atoms in total. The molecule has 1 unspecified atom stereocenters. The molecule has 0 N–H and O–H groups in total. The zero-order valence-electron chi connectivity index (χ0n) is 14.9. The number of ether oxygens (including phenoxy) is 2. The molecule has 1 atom stereocenters. The number of benzene rings is 2. The summed E-state index contributed by atoms with van der Waals surface area (Å²) in [6, 6.07) is 13.8. The fourth-order valence-electron chi connectivity index (χ4n) is 3.25. The molecule has 0 aliphatic carbocycles. The van der Waals surface area contributed by atoms with Crippen molar-refractivity contribution < 1.29 is 14.3 Å². The van der Waals surface area contributed by atoms with Crippen molar-refractivity contribution in [2.24, 2.45) is 0 Å². The molecule has 2 aromatic rings. The SMILES string of the molecule is C/C=C/c1ccc(OCC(=O)N2c3ccccc3CC2C)c(OC)c1. The maximum absolute atomic E-state index is 12.7. The number of fused-ring (bicyclic) bond motifs is 1. The first-order valence-electron chi connectivity index (χ1n) is 8.47. The molecular weight excluding hydrogens is 314 g/mol. The minimum absolute atomic E-state index is 0.0159. The van der Waals surface area contributed by atoms with Crippen LogP contribution in [0.15, 0.2) is 48.5 Å². The number of nitrogens with zero attached hydrogens (tertiary/aromatic N) is 1. The molecule has 0 bridgehead atoms. The minimum atomic E-state index is -0.0444. The fraction of sp³-hybridized carbons (Fsp3) is 0.286. The van der Waals surface area contributed by atoms with Gasteiger partial charge in [-0.05, 0) is 49.6 Å². The lowest BCUT2D eigenvalue weighted by molar-refractivity contribution is -0.120. The van der Waals surface area contributed by atoms with Gasteiger partial charge in [-0.2, -0.15) is 0 Å². The van der Waals surface area contributed by atoms with Gasteiger partial charge in [0.05, 0.1) is 7.11 Å². The molecule has 0 aromatic heterocycles. The van der Waals surface area contributed by atoms with E-state index in [4.69, 9.17) is 9.47 Å². The third-order valence-corrected chi connectivity index (χ3v) is 4.37. The van der Waals surface area contributed by atoms with Crippen LogP contribution in [0.4, 0.5) is 5.69 Å². The number of para-hydroxylation sites is 1. The Labute approximate surface area is 148 Å². The number of hydrogen-bond acceptors (Lipinski definition) is 3. The predicted octanol–water partition coefficient (Wildman–Crippen LogP) is 4.08. The van der Waals surface area contributed by atoms with E-state index in [0.717, 1.165) is 17.7 Å². The van der Waals surface area contributed by atoms with Crippen LogP contribution in [0.5, 0.6) is 11.5 Å². The lowest BCUT2D eigenvalue weighted by atomic mass is 10.1. The van der Waals surface area contributed by atoms with Gasteiger partial charge in [-0.15, -0.1) is 0 Å². The monoisotopic (exact) mass is 337 g/mol. The number of rotatable bonds is 5. The molecule has 3 rings (SSSR count). The average Bonchev–Trinajstić information content (AvgIpc) is 2.96. The molecule has 25 heavy (non-hydrogen) atoms. The molecule has 2 aromatic carbocycles. The summed E-state index contributed by atoms with van der Waals surface area (Å²) in [6.07, 6.45) is 4.83. The van der Waals surface area contributed by atoms with Gasteiger partial charge in [0.2, 0.25) is 0 Å². The summed E-state index contributed by atoms with van der Waals surface area (Å²) >= 11 is 0. The highest BCUT2D eigenvalue weighted by Gasteiger charge is 2.30. The van der Waals surface area contributed by atoms with Gasteiger partial charge in [-0.3, -0.25) is 4.79 Å². The first kappa shape index (κ1) is 17.1. The summed E-state index contributed by atoms with van der Waals surface area (Å²) < 4.78 is 11.1. The van der Waals surface area contributed by atoms with Gasteiger partial charge in [0, 0.05) is 11.7 Å². The Hall–Kier alpha value is -2.75. The van der Waals surface area contributed by atoms with Crippen LogP contribution >= 0.6 is 0 Å². The highest BCUT2D eigenvalue weighted by molar-refractivity contribution is 5.97. The van der Waals surface area contributed by atoms with Crippen molar-refractivity contribution in [2.45, 2.75) is 26.3 Å². The van der Waals surface area contributed by atoms with Gasteiger partial charge < -0.3 is 14.4 Å². The van der Waals surface area contributed by atoms with Gasteiger partial charge >= 0.3 is 0 Å². The van der Waals surface area contributed by atoms with Crippen LogP contribution in [0.3, 0.4) is 0 Å². The second kappa shape index (κ2) is 7.43. The second-order valence-corrected chi connectivity index (χ2v) is 6.14. The van der Waals surface area contributed by atoms with Crippen molar-refractivity contribution in [1.29, 1.82) is 0 Å². The maximum Gasteiger partial charge on any atom is 0.265 e. The van der Waals surface area contributed by atoms with Crippen LogP contribution in [0.2, 0.25) is 0 Å². The Bertz CT molecular complexity index is 797. The number of allylic oxidation sites excluding steroid dienone is 1. The highest BCUT2D eigenvalue weighted by atomic mass is 16.5. The van der Waals surface area contributed by atoms with Crippen molar-refractivity contribution in [3.05, 3.63) is 59.7 Å². The van der Waals surface area contributed by atoms with E-state index in [1.165, 1.54) is 5.56 Å². The third kappa shape index (κ3) is 3.53. The van der Waals surface area contributed by atoms with E-state index >= 15 is 0 Å². The van der Waals surface area contributed by atoms with Gasteiger partial charge in [0.15, 0.2) is 18.1 Å².